The Labute approximate surface area is 98.1 Å². The zero-order valence-corrected chi connectivity index (χ0v) is 6.96. The van der Waals surface area contributed by atoms with Crippen LogP contribution in [0.2, 0.25) is 0 Å². The van der Waals surface area contributed by atoms with Crippen molar-refractivity contribution in [1.29, 1.82) is 0 Å². The fourth-order valence-corrected chi connectivity index (χ4v) is 0.529. The number of esters is 2. The predicted octanol–water partition coefficient (Wildman–Crippen LogP) is -0.967. The summed E-state index contributed by atoms with van der Waals surface area (Å²) in [6.45, 7) is 1.80. The van der Waals surface area contributed by atoms with E-state index < -0.39 is 24.1 Å². The fraction of sp³-hybridized carbons (Fsp3) is 0.571. The van der Waals surface area contributed by atoms with Gasteiger partial charge in [-0.2, -0.15) is 0 Å². The first-order valence-corrected chi connectivity index (χ1v) is 3.38. The molecule has 0 radical (unpaired) electrons. The van der Waals surface area contributed by atoms with Gasteiger partial charge in [-0.15, -0.1) is 0 Å². The summed E-state index contributed by atoms with van der Waals surface area (Å²) in [5.41, 5.74) is 0. The Kier molecular flexibility index (Phi) is 9.55. The second-order valence-electron chi connectivity index (χ2n) is 1.90. The van der Waals surface area contributed by atoms with Gasteiger partial charge in [0.15, 0.2) is 0 Å². The van der Waals surface area contributed by atoms with Crippen LogP contribution in [0.4, 0.5) is 0 Å². The third-order valence-corrected chi connectivity index (χ3v) is 1.02. The molecule has 0 rings (SSSR count). The Morgan fingerprint density at radius 3 is 2.15 bits per heavy atom. The second kappa shape index (κ2) is 8.22. The Morgan fingerprint density at radius 2 is 1.77 bits per heavy atom. The monoisotopic (exact) mass is 198 g/mol. The summed E-state index contributed by atoms with van der Waals surface area (Å²) >= 11 is 0. The maximum atomic E-state index is 10.7. The first-order valence-electron chi connectivity index (χ1n) is 3.38. The number of ketones is 1. The third-order valence-electron chi connectivity index (χ3n) is 1.02. The molecule has 13 heavy (non-hydrogen) atoms. The fourth-order valence-electron chi connectivity index (χ4n) is 0.529. The molecule has 0 saturated carbocycles. The minimum atomic E-state index is -1.02. The van der Waals surface area contributed by atoms with Crippen LogP contribution in [0, 0.1) is 0 Å². The van der Waals surface area contributed by atoms with Crippen molar-refractivity contribution < 1.29 is 23.9 Å². The van der Waals surface area contributed by atoms with E-state index in [0.717, 1.165) is 7.11 Å². The van der Waals surface area contributed by atoms with E-state index in [9.17, 15) is 14.4 Å². The van der Waals surface area contributed by atoms with Crippen molar-refractivity contribution in [3.63, 3.8) is 0 Å². The van der Waals surface area contributed by atoms with E-state index in [1.807, 2.05) is 0 Å². The Bertz CT molecular complexity index is 201. The van der Waals surface area contributed by atoms with Crippen molar-refractivity contribution in [3.8, 4) is 0 Å². The Hall–Kier alpha value is -0.390. The molecule has 70 valence electrons. The second-order valence-corrected chi connectivity index (χ2v) is 1.90. The number of Topliss-reactive ketones (excluding diaryl/α,β-unsaturated/α-hetero) is 1. The van der Waals surface area contributed by atoms with Crippen LogP contribution in [-0.4, -0.2) is 61.0 Å². The predicted molar refractivity (Wildman–Crippen MR) is 45.4 cm³/mol. The van der Waals surface area contributed by atoms with E-state index >= 15 is 0 Å². The summed E-state index contributed by atoms with van der Waals surface area (Å²) in [6.07, 6.45) is -0.555. The molecule has 0 aromatic heterocycles. The van der Waals surface area contributed by atoms with Crippen molar-refractivity contribution >= 4 is 47.3 Å². The molecule has 6 heteroatoms. The normalized spacial score (nSPS) is 8.15. The standard InChI is InChI=1S/C7H10O5.Na.H/c1-3-12-6(9)4-5(8)7(10)11-2;;/h3-4H2,1-2H3;;. The van der Waals surface area contributed by atoms with Crippen molar-refractivity contribution in [1.82, 2.24) is 0 Å². The van der Waals surface area contributed by atoms with Gasteiger partial charge in [-0.1, -0.05) is 0 Å². The van der Waals surface area contributed by atoms with Crippen molar-refractivity contribution in [2.45, 2.75) is 13.3 Å². The van der Waals surface area contributed by atoms with Crippen LogP contribution in [-0.2, 0) is 23.9 Å². The van der Waals surface area contributed by atoms with Gasteiger partial charge in [-0.25, -0.2) is 4.79 Å². The van der Waals surface area contributed by atoms with E-state index in [1.165, 1.54) is 0 Å². The van der Waals surface area contributed by atoms with Crippen molar-refractivity contribution in [2.75, 3.05) is 13.7 Å². The zero-order valence-electron chi connectivity index (χ0n) is 6.96. The molecule has 0 aliphatic heterocycles. The van der Waals surface area contributed by atoms with Gasteiger partial charge in [0, 0.05) is 0 Å². The number of carbonyl (C=O) groups is 3. The molecule has 0 aromatic carbocycles. The first kappa shape index (κ1) is 15.1. The molecule has 0 atom stereocenters. The van der Waals surface area contributed by atoms with Crippen LogP contribution in [0.5, 0.6) is 0 Å². The topological polar surface area (TPSA) is 69.7 Å². The molecule has 0 aliphatic carbocycles. The number of hydrogen-bond acceptors (Lipinski definition) is 5. The van der Waals surface area contributed by atoms with Gasteiger partial charge < -0.3 is 9.47 Å². The van der Waals surface area contributed by atoms with E-state index in [4.69, 9.17) is 0 Å². The van der Waals surface area contributed by atoms with Crippen molar-refractivity contribution in [2.24, 2.45) is 0 Å². The molecule has 0 N–H and O–H groups in total. The SMILES string of the molecule is CCOC(=O)CC(=O)C(=O)OC.[NaH]. The zero-order chi connectivity index (χ0) is 9.56. The molecular weight excluding hydrogens is 187 g/mol. The molecule has 0 heterocycles. The average Bonchev–Trinajstić information content (AvgIpc) is 2.03. The molecule has 0 unspecified atom stereocenters. The van der Waals surface area contributed by atoms with Crippen LogP contribution in [0.1, 0.15) is 13.3 Å². The third kappa shape index (κ3) is 6.74. The van der Waals surface area contributed by atoms with Crippen LogP contribution < -0.4 is 0 Å². The van der Waals surface area contributed by atoms with Crippen LogP contribution in [0.25, 0.3) is 0 Å². The molecule has 5 nitrogen and oxygen atoms in total. The first-order chi connectivity index (χ1) is 5.61. The summed E-state index contributed by atoms with van der Waals surface area (Å²) in [5, 5.41) is 0. The quantitative estimate of drug-likeness (QED) is 0.251. The summed E-state index contributed by atoms with van der Waals surface area (Å²) in [5.74, 6) is -2.63. The van der Waals surface area contributed by atoms with Gasteiger partial charge in [0.25, 0.3) is 5.78 Å². The number of hydrogen-bond donors (Lipinski definition) is 0. The Balaban J connectivity index is 0. The van der Waals surface area contributed by atoms with E-state index in [1.54, 1.807) is 6.92 Å². The maximum absolute atomic E-state index is 10.7. The van der Waals surface area contributed by atoms with E-state index in [0.29, 0.717) is 0 Å². The van der Waals surface area contributed by atoms with Gasteiger partial charge >= 0.3 is 41.5 Å². The number of ether oxygens (including phenoxy) is 2. The molecule has 0 fully saturated rings. The summed E-state index contributed by atoms with van der Waals surface area (Å²) in [7, 11) is 1.07. The van der Waals surface area contributed by atoms with E-state index in [2.05, 4.69) is 9.47 Å². The molecule has 0 aliphatic rings. The van der Waals surface area contributed by atoms with Crippen molar-refractivity contribution in [3.05, 3.63) is 0 Å². The number of rotatable bonds is 4. The molecule has 0 spiro atoms. The van der Waals surface area contributed by atoms with Gasteiger partial charge in [0.1, 0.15) is 6.42 Å². The number of carbonyl (C=O) groups excluding carboxylic acids is 3. The van der Waals surface area contributed by atoms with Crippen LogP contribution in [0.3, 0.4) is 0 Å². The van der Waals surface area contributed by atoms with Crippen LogP contribution >= 0.6 is 0 Å². The molecule has 0 amide bonds. The minimum absolute atomic E-state index is 0. The summed E-state index contributed by atoms with van der Waals surface area (Å²) in [4.78, 5) is 31.8. The summed E-state index contributed by atoms with van der Waals surface area (Å²) < 4.78 is 8.53. The van der Waals surface area contributed by atoms with Gasteiger partial charge in [-0.05, 0) is 6.92 Å². The molecule has 0 aromatic rings. The molecule has 0 bridgehead atoms. The molecular formula is C7H11NaO5. The summed E-state index contributed by atoms with van der Waals surface area (Å²) in [6, 6.07) is 0. The molecule has 0 saturated heterocycles. The van der Waals surface area contributed by atoms with Gasteiger partial charge in [-0.3, -0.25) is 9.59 Å². The Morgan fingerprint density at radius 1 is 1.23 bits per heavy atom. The van der Waals surface area contributed by atoms with Crippen LogP contribution in [0.15, 0.2) is 0 Å². The average molecular weight is 198 g/mol. The van der Waals surface area contributed by atoms with Gasteiger partial charge in [0.05, 0.1) is 13.7 Å². The van der Waals surface area contributed by atoms with Gasteiger partial charge in [0.2, 0.25) is 0 Å². The van der Waals surface area contributed by atoms with E-state index in [-0.39, 0.29) is 36.2 Å². The number of methoxy groups -OCH3 is 1.